The maximum Gasteiger partial charge on any atom is 0.276 e. The van der Waals surface area contributed by atoms with Gasteiger partial charge in [0.15, 0.2) is 5.50 Å². The molecule has 0 aromatic heterocycles. The number of nitrogens with one attached hydrogen (secondary N) is 1. The quantitative estimate of drug-likeness (QED) is 0.943. The van der Waals surface area contributed by atoms with E-state index < -0.39 is 5.50 Å². The second kappa shape index (κ2) is 7.11. The number of carbonyl (C=O) groups is 2. The molecule has 1 heterocycles. The van der Waals surface area contributed by atoms with Crippen molar-refractivity contribution in [3.63, 3.8) is 0 Å². The Balaban J connectivity index is 1.77. The summed E-state index contributed by atoms with van der Waals surface area (Å²) in [6, 6.07) is 17.8. The lowest BCUT2D eigenvalue weighted by molar-refractivity contribution is 0.0702. The van der Waals surface area contributed by atoms with E-state index in [9.17, 15) is 9.59 Å². The van der Waals surface area contributed by atoms with Gasteiger partial charge in [-0.2, -0.15) is 10.1 Å². The SMILES string of the molecule is O=C(NC1SCC=NN1C(=O)c1ccccc1)c1ccccc1. The fourth-order valence-electron chi connectivity index (χ4n) is 2.15. The Kier molecular flexibility index (Phi) is 4.73. The lowest BCUT2D eigenvalue weighted by Gasteiger charge is -2.30. The zero-order valence-electron chi connectivity index (χ0n) is 12.3. The third-order valence-electron chi connectivity index (χ3n) is 3.28. The van der Waals surface area contributed by atoms with Crippen LogP contribution in [0, 0.1) is 0 Å². The predicted molar refractivity (Wildman–Crippen MR) is 91.3 cm³/mol. The molecule has 1 N–H and O–H groups in total. The molecule has 116 valence electrons. The third kappa shape index (κ3) is 3.60. The largest absolute Gasteiger partial charge is 0.321 e. The number of nitrogens with zero attached hydrogens (tertiary/aromatic N) is 2. The summed E-state index contributed by atoms with van der Waals surface area (Å²) >= 11 is 1.44. The summed E-state index contributed by atoms with van der Waals surface area (Å²) in [7, 11) is 0. The van der Waals surface area contributed by atoms with Crippen LogP contribution in [0.4, 0.5) is 0 Å². The molecule has 0 bridgehead atoms. The first-order valence-corrected chi connectivity index (χ1v) is 8.19. The average Bonchev–Trinajstić information content (AvgIpc) is 2.63. The van der Waals surface area contributed by atoms with Crippen LogP contribution in [-0.2, 0) is 0 Å². The zero-order chi connectivity index (χ0) is 16.1. The van der Waals surface area contributed by atoms with E-state index in [1.54, 1.807) is 54.7 Å². The van der Waals surface area contributed by atoms with Gasteiger partial charge in [-0.15, -0.1) is 11.8 Å². The molecule has 0 spiro atoms. The van der Waals surface area contributed by atoms with Crippen LogP contribution < -0.4 is 5.32 Å². The Morgan fingerprint density at radius 2 is 1.61 bits per heavy atom. The van der Waals surface area contributed by atoms with Crippen molar-refractivity contribution >= 4 is 29.8 Å². The molecular formula is C17H15N3O2S. The monoisotopic (exact) mass is 325 g/mol. The Morgan fingerprint density at radius 3 is 2.26 bits per heavy atom. The van der Waals surface area contributed by atoms with Crippen LogP contribution in [-0.4, -0.2) is 34.3 Å². The first-order valence-electron chi connectivity index (χ1n) is 7.14. The minimum Gasteiger partial charge on any atom is -0.321 e. The van der Waals surface area contributed by atoms with Gasteiger partial charge in [-0.05, 0) is 24.3 Å². The van der Waals surface area contributed by atoms with Crippen molar-refractivity contribution in [2.45, 2.75) is 5.50 Å². The van der Waals surface area contributed by atoms with E-state index in [4.69, 9.17) is 0 Å². The molecule has 0 saturated carbocycles. The van der Waals surface area contributed by atoms with Crippen molar-refractivity contribution in [3.8, 4) is 0 Å². The lowest BCUT2D eigenvalue weighted by atomic mass is 10.2. The molecule has 3 rings (SSSR count). The molecule has 23 heavy (non-hydrogen) atoms. The van der Waals surface area contributed by atoms with Crippen LogP contribution in [0.25, 0.3) is 0 Å². The summed E-state index contributed by atoms with van der Waals surface area (Å²) in [6.45, 7) is 0. The van der Waals surface area contributed by atoms with Crippen LogP contribution in [0.2, 0.25) is 0 Å². The predicted octanol–water partition coefficient (Wildman–Crippen LogP) is 2.58. The molecule has 5 nitrogen and oxygen atoms in total. The van der Waals surface area contributed by atoms with Crippen LogP contribution in [0.3, 0.4) is 0 Å². The molecule has 0 radical (unpaired) electrons. The van der Waals surface area contributed by atoms with E-state index in [1.165, 1.54) is 16.8 Å². The molecule has 2 aromatic rings. The fraction of sp³-hybridized carbons (Fsp3) is 0.118. The minimum atomic E-state index is -0.527. The Labute approximate surface area is 138 Å². The van der Waals surface area contributed by atoms with E-state index in [2.05, 4.69) is 10.4 Å². The van der Waals surface area contributed by atoms with Gasteiger partial charge in [0.05, 0.1) is 0 Å². The molecule has 2 aromatic carbocycles. The molecule has 2 amide bonds. The molecule has 1 unspecified atom stereocenters. The molecular weight excluding hydrogens is 310 g/mol. The van der Waals surface area contributed by atoms with Crippen LogP contribution in [0.5, 0.6) is 0 Å². The number of amides is 2. The van der Waals surface area contributed by atoms with Crippen molar-refractivity contribution in [3.05, 3.63) is 71.8 Å². The highest BCUT2D eigenvalue weighted by molar-refractivity contribution is 8.00. The highest BCUT2D eigenvalue weighted by atomic mass is 32.2. The molecule has 0 aliphatic carbocycles. The van der Waals surface area contributed by atoms with Crippen molar-refractivity contribution < 1.29 is 9.59 Å². The topological polar surface area (TPSA) is 61.8 Å². The number of hydrogen-bond donors (Lipinski definition) is 1. The maximum atomic E-state index is 12.6. The van der Waals surface area contributed by atoms with E-state index in [0.29, 0.717) is 16.9 Å². The first-order chi connectivity index (χ1) is 11.3. The summed E-state index contributed by atoms with van der Waals surface area (Å²) in [5.41, 5.74) is 0.557. The zero-order valence-corrected chi connectivity index (χ0v) is 13.1. The second-order valence-electron chi connectivity index (χ2n) is 4.84. The fourth-order valence-corrected chi connectivity index (χ4v) is 2.96. The van der Waals surface area contributed by atoms with Crippen molar-refractivity contribution in [1.82, 2.24) is 10.3 Å². The highest BCUT2D eigenvalue weighted by Crippen LogP contribution is 2.20. The summed E-state index contributed by atoms with van der Waals surface area (Å²) in [4.78, 5) is 24.9. The minimum absolute atomic E-state index is 0.230. The number of hydrogen-bond acceptors (Lipinski definition) is 4. The summed E-state index contributed by atoms with van der Waals surface area (Å²) in [5, 5.41) is 8.32. The highest BCUT2D eigenvalue weighted by Gasteiger charge is 2.28. The number of thioether (sulfide) groups is 1. The summed E-state index contributed by atoms with van der Waals surface area (Å²) in [6.07, 6.45) is 1.66. The van der Waals surface area contributed by atoms with Gasteiger partial charge in [-0.3, -0.25) is 9.59 Å². The second-order valence-corrected chi connectivity index (χ2v) is 5.95. The van der Waals surface area contributed by atoms with E-state index in [-0.39, 0.29) is 11.8 Å². The van der Waals surface area contributed by atoms with E-state index in [0.717, 1.165) is 0 Å². The summed E-state index contributed by atoms with van der Waals surface area (Å²) in [5.74, 6) is 0.164. The molecule has 1 atom stereocenters. The molecule has 0 fully saturated rings. The van der Waals surface area contributed by atoms with Gasteiger partial charge in [0.1, 0.15) is 0 Å². The standard InChI is InChI=1S/C17H15N3O2S/c21-15(13-7-3-1-4-8-13)19-17-20(18-11-12-23-17)16(22)14-9-5-2-6-10-14/h1-11,17H,12H2,(H,19,21). The van der Waals surface area contributed by atoms with Gasteiger partial charge in [0, 0.05) is 23.1 Å². The van der Waals surface area contributed by atoms with E-state index in [1.807, 2.05) is 12.1 Å². The van der Waals surface area contributed by atoms with Gasteiger partial charge in [0.2, 0.25) is 0 Å². The number of hydrazone groups is 1. The maximum absolute atomic E-state index is 12.6. The van der Waals surface area contributed by atoms with Crippen LogP contribution >= 0.6 is 11.8 Å². The Hall–Kier alpha value is -2.60. The normalized spacial score (nSPS) is 16.9. The number of rotatable bonds is 3. The third-order valence-corrected chi connectivity index (χ3v) is 4.25. The molecule has 1 aliphatic heterocycles. The van der Waals surface area contributed by atoms with Gasteiger partial charge in [-0.25, -0.2) is 0 Å². The van der Waals surface area contributed by atoms with Crippen LogP contribution in [0.15, 0.2) is 65.8 Å². The van der Waals surface area contributed by atoms with Gasteiger partial charge < -0.3 is 5.32 Å². The van der Waals surface area contributed by atoms with Gasteiger partial charge in [0.25, 0.3) is 11.8 Å². The van der Waals surface area contributed by atoms with Gasteiger partial charge >= 0.3 is 0 Å². The van der Waals surface area contributed by atoms with Crippen molar-refractivity contribution in [1.29, 1.82) is 0 Å². The molecule has 1 aliphatic rings. The average molecular weight is 325 g/mol. The van der Waals surface area contributed by atoms with Crippen molar-refractivity contribution in [2.75, 3.05) is 5.75 Å². The van der Waals surface area contributed by atoms with Crippen molar-refractivity contribution in [2.24, 2.45) is 5.10 Å². The van der Waals surface area contributed by atoms with Gasteiger partial charge in [-0.1, -0.05) is 36.4 Å². The Bertz CT molecular complexity index is 719. The Morgan fingerprint density at radius 1 is 1.00 bits per heavy atom. The van der Waals surface area contributed by atoms with Crippen LogP contribution in [0.1, 0.15) is 20.7 Å². The molecule has 0 saturated heterocycles. The first kappa shape index (κ1) is 15.3. The van der Waals surface area contributed by atoms with E-state index >= 15 is 0 Å². The number of carbonyl (C=O) groups excluding carboxylic acids is 2. The summed E-state index contributed by atoms with van der Waals surface area (Å²) < 4.78 is 0. The number of benzene rings is 2. The molecule has 6 heteroatoms. The smallest absolute Gasteiger partial charge is 0.276 e. The lowest BCUT2D eigenvalue weighted by Crippen LogP contribution is -2.48.